The molecule has 0 bridgehead atoms. The molecule has 30 heavy (non-hydrogen) atoms. The van der Waals surface area contributed by atoms with Crippen molar-refractivity contribution >= 4 is 11.6 Å². The van der Waals surface area contributed by atoms with Gasteiger partial charge in [0, 0.05) is 58.7 Å². The summed E-state index contributed by atoms with van der Waals surface area (Å²) >= 11 is 0. The van der Waals surface area contributed by atoms with Gasteiger partial charge in [-0.15, -0.1) is 0 Å². The van der Waals surface area contributed by atoms with Gasteiger partial charge in [-0.05, 0) is 23.3 Å². The van der Waals surface area contributed by atoms with Crippen molar-refractivity contribution in [3.05, 3.63) is 78.4 Å². The highest BCUT2D eigenvalue weighted by Crippen LogP contribution is 2.27. The normalized spacial score (nSPS) is 14.8. The molecular weight excluding hydrogens is 376 g/mol. The number of phenolic OH excluding ortho intramolecular Hbond substituents is 1. The summed E-state index contributed by atoms with van der Waals surface area (Å²) in [6.45, 7) is 4.98. The maximum absolute atomic E-state index is 10.1. The van der Waals surface area contributed by atoms with Gasteiger partial charge in [0.1, 0.15) is 5.75 Å². The summed E-state index contributed by atoms with van der Waals surface area (Å²) in [5, 5.41) is 13.6. The highest BCUT2D eigenvalue weighted by molar-refractivity contribution is 5.80. The number of hydrogen-bond acceptors (Lipinski definition) is 4. The minimum atomic E-state index is 0.338. The van der Waals surface area contributed by atoms with E-state index < -0.39 is 0 Å². The van der Waals surface area contributed by atoms with Crippen LogP contribution in [0.2, 0.25) is 0 Å². The summed E-state index contributed by atoms with van der Waals surface area (Å²) in [6.07, 6.45) is 5.60. The summed E-state index contributed by atoms with van der Waals surface area (Å²) in [7, 11) is 1.83. The number of rotatable bonds is 5. The standard InChI is InChI=1S/C23H28N6O/c1-24-23(29-14-12-28(13-15-29)21-4-2-3-5-22(21)30)26-16-19-6-8-20(9-7-19)17-27-11-10-25-18-27/h2-11,18,30H,12-17H2,1H3,(H,24,26). The van der Waals surface area contributed by atoms with Gasteiger partial charge in [-0.2, -0.15) is 0 Å². The third-order valence-electron chi connectivity index (χ3n) is 5.41. The van der Waals surface area contributed by atoms with E-state index in [1.807, 2.05) is 37.8 Å². The quantitative estimate of drug-likeness (QED) is 0.505. The number of anilines is 1. The number of benzene rings is 2. The number of aromatic hydroxyl groups is 1. The lowest BCUT2D eigenvalue weighted by Gasteiger charge is -2.37. The second kappa shape index (κ2) is 9.35. The van der Waals surface area contributed by atoms with Crippen molar-refractivity contribution in [1.29, 1.82) is 0 Å². The van der Waals surface area contributed by atoms with Crippen molar-refractivity contribution in [1.82, 2.24) is 19.8 Å². The van der Waals surface area contributed by atoms with Crippen molar-refractivity contribution < 1.29 is 5.11 Å². The second-order valence-electron chi connectivity index (χ2n) is 7.42. The number of nitrogens with zero attached hydrogens (tertiary/aromatic N) is 5. The van der Waals surface area contributed by atoms with E-state index in [1.54, 1.807) is 12.3 Å². The monoisotopic (exact) mass is 404 g/mol. The van der Waals surface area contributed by atoms with Crippen LogP contribution in [-0.2, 0) is 13.1 Å². The molecule has 1 aliphatic rings. The molecule has 0 amide bonds. The number of piperazine rings is 1. The minimum Gasteiger partial charge on any atom is -0.506 e. The van der Waals surface area contributed by atoms with Crippen LogP contribution in [0.3, 0.4) is 0 Å². The molecule has 0 aliphatic carbocycles. The molecule has 0 spiro atoms. The molecule has 2 aromatic carbocycles. The average molecular weight is 405 g/mol. The van der Waals surface area contributed by atoms with E-state index in [4.69, 9.17) is 0 Å². The van der Waals surface area contributed by atoms with Gasteiger partial charge in [-0.3, -0.25) is 4.99 Å². The molecule has 0 atom stereocenters. The Labute approximate surface area is 177 Å². The van der Waals surface area contributed by atoms with Crippen LogP contribution in [0.5, 0.6) is 5.75 Å². The average Bonchev–Trinajstić information content (AvgIpc) is 3.29. The molecule has 0 radical (unpaired) electrons. The van der Waals surface area contributed by atoms with Crippen LogP contribution in [0.1, 0.15) is 11.1 Å². The molecule has 1 saturated heterocycles. The predicted molar refractivity (Wildman–Crippen MR) is 120 cm³/mol. The first-order valence-electron chi connectivity index (χ1n) is 10.2. The lowest BCUT2D eigenvalue weighted by molar-refractivity contribution is 0.369. The first kappa shape index (κ1) is 19.8. The molecule has 4 rings (SSSR count). The van der Waals surface area contributed by atoms with Crippen LogP contribution in [0.25, 0.3) is 0 Å². The van der Waals surface area contributed by atoms with Crippen molar-refractivity contribution in [2.75, 3.05) is 38.1 Å². The third kappa shape index (κ3) is 4.74. The van der Waals surface area contributed by atoms with E-state index in [0.717, 1.165) is 50.9 Å². The summed E-state index contributed by atoms with van der Waals surface area (Å²) in [6, 6.07) is 16.1. The lowest BCUT2D eigenvalue weighted by atomic mass is 10.1. The van der Waals surface area contributed by atoms with E-state index in [1.165, 1.54) is 11.1 Å². The maximum atomic E-state index is 10.1. The molecule has 7 heteroatoms. The molecule has 1 fully saturated rings. The van der Waals surface area contributed by atoms with Gasteiger partial charge in [-0.25, -0.2) is 4.98 Å². The number of nitrogens with one attached hydrogen (secondary N) is 1. The number of aliphatic imine (C=N–C) groups is 1. The van der Waals surface area contributed by atoms with Gasteiger partial charge >= 0.3 is 0 Å². The zero-order valence-corrected chi connectivity index (χ0v) is 17.3. The Morgan fingerprint density at radius 1 is 1.03 bits per heavy atom. The summed E-state index contributed by atoms with van der Waals surface area (Å²) in [5.41, 5.74) is 3.37. The maximum Gasteiger partial charge on any atom is 0.194 e. The number of hydrogen-bond donors (Lipinski definition) is 2. The first-order valence-corrected chi connectivity index (χ1v) is 10.2. The lowest BCUT2D eigenvalue weighted by Crippen LogP contribution is -2.52. The fourth-order valence-corrected chi connectivity index (χ4v) is 3.76. The van der Waals surface area contributed by atoms with E-state index in [-0.39, 0.29) is 0 Å². The zero-order valence-electron chi connectivity index (χ0n) is 17.3. The molecule has 1 aliphatic heterocycles. The fourth-order valence-electron chi connectivity index (χ4n) is 3.76. The Kier molecular flexibility index (Phi) is 6.17. The second-order valence-corrected chi connectivity index (χ2v) is 7.42. The minimum absolute atomic E-state index is 0.338. The highest BCUT2D eigenvalue weighted by atomic mass is 16.3. The SMILES string of the molecule is CN=C(NCc1ccc(Cn2ccnc2)cc1)N1CCN(c2ccccc2O)CC1. The number of guanidine groups is 1. The Balaban J connectivity index is 1.28. The Hall–Kier alpha value is -3.48. The van der Waals surface area contributed by atoms with E-state index in [0.29, 0.717) is 5.75 Å². The number of imidazole rings is 1. The molecule has 1 aromatic heterocycles. The van der Waals surface area contributed by atoms with Crippen LogP contribution in [0, 0.1) is 0 Å². The Morgan fingerprint density at radius 3 is 2.43 bits per heavy atom. The van der Waals surface area contributed by atoms with Gasteiger partial charge in [0.15, 0.2) is 5.96 Å². The predicted octanol–water partition coefficient (Wildman–Crippen LogP) is 2.53. The summed E-state index contributed by atoms with van der Waals surface area (Å²) in [5.74, 6) is 1.25. The van der Waals surface area contributed by atoms with E-state index >= 15 is 0 Å². The van der Waals surface area contributed by atoms with Crippen LogP contribution in [0.4, 0.5) is 5.69 Å². The number of phenols is 1. The van der Waals surface area contributed by atoms with Crippen molar-refractivity contribution in [2.45, 2.75) is 13.1 Å². The van der Waals surface area contributed by atoms with Gasteiger partial charge in [0.25, 0.3) is 0 Å². The van der Waals surface area contributed by atoms with Crippen LogP contribution < -0.4 is 10.2 Å². The van der Waals surface area contributed by atoms with Crippen molar-refractivity contribution in [3.8, 4) is 5.75 Å². The number of aromatic nitrogens is 2. The van der Waals surface area contributed by atoms with Gasteiger partial charge < -0.3 is 24.8 Å². The van der Waals surface area contributed by atoms with Gasteiger partial charge in [-0.1, -0.05) is 36.4 Å². The van der Waals surface area contributed by atoms with E-state index in [9.17, 15) is 5.11 Å². The molecule has 0 unspecified atom stereocenters. The van der Waals surface area contributed by atoms with Crippen molar-refractivity contribution in [3.63, 3.8) is 0 Å². The van der Waals surface area contributed by atoms with E-state index in [2.05, 4.69) is 53.9 Å². The topological polar surface area (TPSA) is 68.9 Å². The van der Waals surface area contributed by atoms with Crippen LogP contribution in [0.15, 0.2) is 72.2 Å². The van der Waals surface area contributed by atoms with Crippen LogP contribution in [-0.4, -0.2) is 58.7 Å². The first-order chi connectivity index (χ1) is 14.7. The molecule has 7 nitrogen and oxygen atoms in total. The van der Waals surface area contributed by atoms with Crippen molar-refractivity contribution in [2.24, 2.45) is 4.99 Å². The zero-order chi connectivity index (χ0) is 20.8. The van der Waals surface area contributed by atoms with Gasteiger partial charge in [0.05, 0.1) is 12.0 Å². The smallest absolute Gasteiger partial charge is 0.194 e. The largest absolute Gasteiger partial charge is 0.506 e. The Morgan fingerprint density at radius 2 is 1.77 bits per heavy atom. The number of para-hydroxylation sites is 2. The van der Waals surface area contributed by atoms with Gasteiger partial charge in [0.2, 0.25) is 0 Å². The molecule has 2 N–H and O–H groups in total. The fraction of sp³-hybridized carbons (Fsp3) is 0.304. The third-order valence-corrected chi connectivity index (χ3v) is 5.41. The Bertz CT molecular complexity index is 960. The molecular formula is C23H28N6O. The molecule has 0 saturated carbocycles. The molecule has 2 heterocycles. The highest BCUT2D eigenvalue weighted by Gasteiger charge is 2.21. The molecule has 3 aromatic rings. The summed E-state index contributed by atoms with van der Waals surface area (Å²) in [4.78, 5) is 13.0. The van der Waals surface area contributed by atoms with Crippen LogP contribution >= 0.6 is 0 Å². The summed E-state index contributed by atoms with van der Waals surface area (Å²) < 4.78 is 2.06. The molecule has 156 valence electrons.